The van der Waals surface area contributed by atoms with Gasteiger partial charge in [-0.05, 0) is 74.4 Å². The highest BCUT2D eigenvalue weighted by Crippen LogP contribution is 2.63. The molecule has 2 aromatic heterocycles. The average molecular weight is 509 g/mol. The predicted molar refractivity (Wildman–Crippen MR) is 134 cm³/mol. The third-order valence-electron chi connectivity index (χ3n) is 7.67. The normalized spacial score (nSPS) is 23.2. The van der Waals surface area contributed by atoms with Crippen LogP contribution in [-0.4, -0.2) is 21.6 Å². The van der Waals surface area contributed by atoms with Gasteiger partial charge in [0.05, 0.1) is 32.7 Å². The Labute approximate surface area is 210 Å². The van der Waals surface area contributed by atoms with E-state index in [9.17, 15) is 14.0 Å². The SMILES string of the molecule is C[C@@]1(c2ccc(Cl)s2)[C@H](C2(C(N)=O)CC2)CC(=O)N1c1ccc2c(cnn2-c2ccc(F)cc2)c1. The standard InChI is InChI=1S/C26H22ClFN4O2S/c1-25(21-8-9-22(27)35-21)20(26(10-11-26)24(29)34)13-23(33)31(25)18-6-7-19-15(12-18)14-30-32(19)17-4-2-16(28)3-5-17/h2-9,12,14,20H,10-11,13H2,1H3,(H2,29,34)/t20-,25+/m1/s1. The summed E-state index contributed by atoms with van der Waals surface area (Å²) in [6.07, 6.45) is 3.34. The minimum atomic E-state index is -0.777. The van der Waals surface area contributed by atoms with Crippen LogP contribution in [0.4, 0.5) is 10.1 Å². The fourth-order valence-corrected chi connectivity index (χ4v) is 6.98. The maximum Gasteiger partial charge on any atom is 0.228 e. The molecular formula is C26H22ClFN4O2S. The first kappa shape index (κ1) is 22.2. The molecule has 4 aromatic rings. The van der Waals surface area contributed by atoms with Gasteiger partial charge in [-0.3, -0.25) is 9.59 Å². The van der Waals surface area contributed by atoms with E-state index in [4.69, 9.17) is 17.3 Å². The number of hydrogen-bond donors (Lipinski definition) is 1. The van der Waals surface area contributed by atoms with Crippen LogP contribution < -0.4 is 10.6 Å². The highest BCUT2D eigenvalue weighted by molar-refractivity contribution is 7.16. The van der Waals surface area contributed by atoms with E-state index < -0.39 is 11.0 Å². The molecule has 2 N–H and O–H groups in total. The van der Waals surface area contributed by atoms with Crippen molar-refractivity contribution in [1.29, 1.82) is 0 Å². The van der Waals surface area contributed by atoms with Crippen molar-refractivity contribution < 1.29 is 14.0 Å². The Balaban J connectivity index is 1.47. The van der Waals surface area contributed by atoms with E-state index in [1.807, 2.05) is 37.3 Å². The number of nitrogens with zero attached hydrogens (tertiary/aromatic N) is 3. The fourth-order valence-electron chi connectivity index (χ4n) is 5.74. The van der Waals surface area contributed by atoms with Gasteiger partial charge in [-0.2, -0.15) is 5.10 Å². The molecule has 2 aliphatic rings. The Morgan fingerprint density at radius 1 is 1.14 bits per heavy atom. The van der Waals surface area contributed by atoms with E-state index in [1.165, 1.54) is 23.5 Å². The minimum Gasteiger partial charge on any atom is -0.369 e. The third-order valence-corrected chi connectivity index (χ3v) is 9.13. The largest absolute Gasteiger partial charge is 0.369 e. The monoisotopic (exact) mass is 508 g/mol. The highest BCUT2D eigenvalue weighted by Gasteiger charge is 2.66. The predicted octanol–water partition coefficient (Wildman–Crippen LogP) is 5.41. The summed E-state index contributed by atoms with van der Waals surface area (Å²) in [7, 11) is 0. The zero-order chi connectivity index (χ0) is 24.5. The quantitative estimate of drug-likeness (QED) is 0.391. The number of carbonyl (C=O) groups is 2. The van der Waals surface area contributed by atoms with Crippen LogP contribution in [0.2, 0.25) is 4.34 Å². The number of benzene rings is 2. The molecule has 178 valence electrons. The number of hydrogen-bond acceptors (Lipinski definition) is 4. The van der Waals surface area contributed by atoms with Crippen molar-refractivity contribution in [2.24, 2.45) is 17.1 Å². The summed E-state index contributed by atoms with van der Waals surface area (Å²) >= 11 is 7.73. The molecule has 2 amide bonds. The van der Waals surface area contributed by atoms with Crippen molar-refractivity contribution in [3.8, 4) is 5.69 Å². The summed E-state index contributed by atoms with van der Waals surface area (Å²) in [5, 5.41) is 5.32. The van der Waals surface area contributed by atoms with Crippen LogP contribution in [0, 0.1) is 17.2 Å². The van der Waals surface area contributed by atoms with Gasteiger partial charge < -0.3 is 10.6 Å². The van der Waals surface area contributed by atoms with Crippen molar-refractivity contribution in [3.63, 3.8) is 0 Å². The zero-order valence-electron chi connectivity index (χ0n) is 18.9. The zero-order valence-corrected chi connectivity index (χ0v) is 20.4. The molecule has 1 aliphatic carbocycles. The summed E-state index contributed by atoms with van der Waals surface area (Å²) in [6.45, 7) is 2.01. The van der Waals surface area contributed by atoms with E-state index in [1.54, 1.807) is 27.9 Å². The molecule has 2 fully saturated rings. The molecule has 0 bridgehead atoms. The van der Waals surface area contributed by atoms with E-state index in [0.29, 0.717) is 17.2 Å². The van der Waals surface area contributed by atoms with Gasteiger partial charge in [0.15, 0.2) is 0 Å². The lowest BCUT2D eigenvalue weighted by Crippen LogP contribution is -2.48. The Bertz CT molecular complexity index is 1490. The van der Waals surface area contributed by atoms with Crippen LogP contribution in [0.3, 0.4) is 0 Å². The van der Waals surface area contributed by atoms with Gasteiger partial charge in [-0.1, -0.05) is 11.6 Å². The number of carbonyl (C=O) groups excluding carboxylic acids is 2. The molecular weight excluding hydrogens is 487 g/mol. The number of primary amides is 1. The van der Waals surface area contributed by atoms with E-state index in [2.05, 4.69) is 5.10 Å². The summed E-state index contributed by atoms with van der Waals surface area (Å²) < 4.78 is 15.7. The second-order valence-electron chi connectivity index (χ2n) is 9.53. The van der Waals surface area contributed by atoms with Gasteiger partial charge >= 0.3 is 0 Å². The molecule has 2 aromatic carbocycles. The van der Waals surface area contributed by atoms with Crippen molar-refractivity contribution >= 4 is 51.3 Å². The summed E-state index contributed by atoms with van der Waals surface area (Å²) in [6, 6.07) is 15.6. The Kier molecular flexibility index (Phi) is 4.85. The van der Waals surface area contributed by atoms with Gasteiger partial charge in [-0.25, -0.2) is 9.07 Å². The Morgan fingerprint density at radius 3 is 2.49 bits per heavy atom. The van der Waals surface area contributed by atoms with Crippen LogP contribution in [0.15, 0.2) is 60.8 Å². The van der Waals surface area contributed by atoms with Crippen molar-refractivity contribution in [1.82, 2.24) is 9.78 Å². The summed E-state index contributed by atoms with van der Waals surface area (Å²) in [5.74, 6) is -0.971. The second kappa shape index (κ2) is 7.63. The van der Waals surface area contributed by atoms with E-state index in [-0.39, 0.29) is 30.0 Å². The third kappa shape index (κ3) is 3.23. The molecule has 6 nitrogen and oxygen atoms in total. The van der Waals surface area contributed by atoms with Crippen LogP contribution in [0.1, 0.15) is 31.1 Å². The average Bonchev–Trinajstić information content (AvgIpc) is 3.20. The molecule has 0 spiro atoms. The molecule has 2 atom stereocenters. The molecule has 1 saturated heterocycles. The number of anilines is 1. The maximum absolute atomic E-state index is 13.6. The molecule has 9 heteroatoms. The Hall–Kier alpha value is -3.23. The van der Waals surface area contributed by atoms with Gasteiger partial charge in [-0.15, -0.1) is 11.3 Å². The van der Waals surface area contributed by atoms with E-state index in [0.717, 1.165) is 27.2 Å². The summed E-state index contributed by atoms with van der Waals surface area (Å²) in [4.78, 5) is 28.8. The van der Waals surface area contributed by atoms with E-state index >= 15 is 0 Å². The van der Waals surface area contributed by atoms with Crippen LogP contribution in [-0.2, 0) is 15.1 Å². The number of aromatic nitrogens is 2. The maximum atomic E-state index is 13.6. The minimum absolute atomic E-state index is 0.0557. The van der Waals surface area contributed by atoms with Crippen LogP contribution >= 0.6 is 22.9 Å². The van der Waals surface area contributed by atoms with Gasteiger partial charge in [0.25, 0.3) is 0 Å². The first-order chi connectivity index (χ1) is 16.7. The van der Waals surface area contributed by atoms with Gasteiger partial charge in [0.1, 0.15) is 5.82 Å². The number of fused-ring (bicyclic) bond motifs is 1. The molecule has 3 heterocycles. The lowest BCUT2D eigenvalue weighted by atomic mass is 9.73. The molecule has 35 heavy (non-hydrogen) atoms. The molecule has 0 radical (unpaired) electrons. The lowest BCUT2D eigenvalue weighted by Gasteiger charge is -2.41. The Morgan fingerprint density at radius 2 is 1.86 bits per heavy atom. The van der Waals surface area contributed by atoms with Crippen LogP contribution in [0.25, 0.3) is 16.6 Å². The number of nitrogens with two attached hydrogens (primary N) is 1. The first-order valence-electron chi connectivity index (χ1n) is 11.4. The van der Waals surface area contributed by atoms with Gasteiger partial charge in [0, 0.05) is 28.3 Å². The second-order valence-corrected chi connectivity index (χ2v) is 11.2. The number of rotatable bonds is 5. The number of amides is 2. The number of thiophene rings is 1. The number of halogens is 2. The topological polar surface area (TPSA) is 81.2 Å². The van der Waals surface area contributed by atoms with Crippen molar-refractivity contribution in [2.45, 2.75) is 31.7 Å². The fraction of sp³-hybridized carbons (Fsp3) is 0.269. The lowest BCUT2D eigenvalue weighted by molar-refractivity contribution is -0.125. The molecule has 6 rings (SSSR count). The van der Waals surface area contributed by atoms with Crippen molar-refractivity contribution in [3.05, 3.63) is 75.8 Å². The van der Waals surface area contributed by atoms with Crippen molar-refractivity contribution in [2.75, 3.05) is 4.90 Å². The molecule has 1 saturated carbocycles. The van der Waals surface area contributed by atoms with Crippen LogP contribution in [0.5, 0.6) is 0 Å². The highest BCUT2D eigenvalue weighted by atomic mass is 35.5. The molecule has 1 aliphatic heterocycles. The smallest absolute Gasteiger partial charge is 0.228 e. The first-order valence-corrected chi connectivity index (χ1v) is 12.6. The molecule has 0 unspecified atom stereocenters. The summed E-state index contributed by atoms with van der Waals surface area (Å²) in [5.41, 5.74) is 6.69. The van der Waals surface area contributed by atoms with Gasteiger partial charge in [0.2, 0.25) is 11.8 Å².